The fourth-order valence-corrected chi connectivity index (χ4v) is 2.66. The van der Waals surface area contributed by atoms with Gasteiger partial charge in [-0.3, -0.25) is 9.78 Å². The Bertz CT molecular complexity index is 1040. The van der Waals surface area contributed by atoms with Gasteiger partial charge in [0.1, 0.15) is 22.5 Å². The van der Waals surface area contributed by atoms with Crippen LogP contribution in [0.15, 0.2) is 35.5 Å². The van der Waals surface area contributed by atoms with Gasteiger partial charge >= 0.3 is 0 Å². The zero-order valence-electron chi connectivity index (χ0n) is 16.0. The van der Waals surface area contributed by atoms with Gasteiger partial charge in [-0.25, -0.2) is 9.97 Å². The van der Waals surface area contributed by atoms with Crippen LogP contribution in [-0.4, -0.2) is 35.5 Å². The third kappa shape index (κ3) is 3.96. The molecule has 0 aliphatic heterocycles. The lowest BCUT2D eigenvalue weighted by Gasteiger charge is -2.21. The predicted octanol–water partition coefficient (Wildman–Crippen LogP) is 1.76. The number of rotatable bonds is 4. The molecular formula is C19H23N5O3. The van der Waals surface area contributed by atoms with Crippen molar-refractivity contribution in [2.24, 2.45) is 7.05 Å². The molecule has 3 heterocycles. The molecule has 0 fully saturated rings. The SMILES string of the molecule is Cn1cnc2cc(-c3ccc(C(C)(C)O)nc3)nc(NC(C)(C)O)c2c1=O. The first-order valence-corrected chi connectivity index (χ1v) is 8.52. The Morgan fingerprint density at radius 3 is 2.37 bits per heavy atom. The fraction of sp³-hybridized carbons (Fsp3) is 0.368. The number of nitrogens with one attached hydrogen (secondary N) is 1. The quantitative estimate of drug-likeness (QED) is 0.601. The summed E-state index contributed by atoms with van der Waals surface area (Å²) in [4.78, 5) is 25.7. The highest BCUT2D eigenvalue weighted by atomic mass is 16.3. The second kappa shape index (κ2) is 6.40. The van der Waals surface area contributed by atoms with Gasteiger partial charge in [0, 0.05) is 18.8 Å². The van der Waals surface area contributed by atoms with Crippen LogP contribution in [0.25, 0.3) is 22.2 Å². The van der Waals surface area contributed by atoms with E-state index in [-0.39, 0.29) is 11.4 Å². The lowest BCUT2D eigenvalue weighted by atomic mass is 10.0. The van der Waals surface area contributed by atoms with Gasteiger partial charge in [0.15, 0.2) is 0 Å². The van der Waals surface area contributed by atoms with Crippen LogP contribution >= 0.6 is 0 Å². The zero-order chi connectivity index (χ0) is 20.0. The lowest BCUT2D eigenvalue weighted by Crippen LogP contribution is -2.31. The smallest absolute Gasteiger partial charge is 0.264 e. The molecule has 0 spiro atoms. The molecule has 0 aromatic carbocycles. The van der Waals surface area contributed by atoms with Crippen LogP contribution in [0, 0.1) is 0 Å². The van der Waals surface area contributed by atoms with Crippen molar-refractivity contribution in [3.05, 3.63) is 46.8 Å². The summed E-state index contributed by atoms with van der Waals surface area (Å²) in [6.45, 7) is 6.45. The first kappa shape index (κ1) is 18.9. The number of aromatic nitrogens is 4. The van der Waals surface area contributed by atoms with Gasteiger partial charge in [-0.15, -0.1) is 0 Å². The number of anilines is 1. The Balaban J connectivity index is 2.20. The second-order valence-electron chi connectivity index (χ2n) is 7.59. The molecule has 0 aliphatic rings. The summed E-state index contributed by atoms with van der Waals surface area (Å²) in [5.74, 6) is 0.246. The lowest BCUT2D eigenvalue weighted by molar-refractivity contribution is 0.0739. The molecule has 142 valence electrons. The Morgan fingerprint density at radius 2 is 1.81 bits per heavy atom. The molecular weight excluding hydrogens is 346 g/mol. The molecule has 0 atom stereocenters. The van der Waals surface area contributed by atoms with E-state index in [9.17, 15) is 15.0 Å². The molecule has 0 amide bonds. The minimum atomic E-state index is -1.28. The molecule has 0 unspecified atom stereocenters. The summed E-state index contributed by atoms with van der Waals surface area (Å²) in [7, 11) is 1.61. The first-order chi connectivity index (χ1) is 12.5. The third-order valence-corrected chi connectivity index (χ3v) is 4.01. The molecule has 0 saturated carbocycles. The maximum atomic E-state index is 12.6. The predicted molar refractivity (Wildman–Crippen MR) is 103 cm³/mol. The van der Waals surface area contributed by atoms with Crippen LogP contribution in [0.5, 0.6) is 0 Å². The summed E-state index contributed by atoms with van der Waals surface area (Å²) >= 11 is 0. The average Bonchev–Trinajstić information content (AvgIpc) is 2.56. The van der Waals surface area contributed by atoms with E-state index in [0.717, 1.165) is 0 Å². The monoisotopic (exact) mass is 369 g/mol. The van der Waals surface area contributed by atoms with Gasteiger partial charge in [-0.2, -0.15) is 0 Å². The van der Waals surface area contributed by atoms with Crippen LogP contribution < -0.4 is 10.9 Å². The molecule has 3 aromatic heterocycles. The van der Waals surface area contributed by atoms with E-state index in [2.05, 4.69) is 20.3 Å². The minimum absolute atomic E-state index is 0.246. The van der Waals surface area contributed by atoms with Gasteiger partial charge < -0.3 is 20.1 Å². The van der Waals surface area contributed by atoms with Crippen molar-refractivity contribution < 1.29 is 10.2 Å². The van der Waals surface area contributed by atoms with Crippen LogP contribution in [0.4, 0.5) is 5.82 Å². The van der Waals surface area contributed by atoms with Crippen molar-refractivity contribution in [1.29, 1.82) is 0 Å². The number of hydrogen-bond acceptors (Lipinski definition) is 7. The Kier molecular flexibility index (Phi) is 4.49. The highest BCUT2D eigenvalue weighted by Gasteiger charge is 2.20. The number of aryl methyl sites for hydroxylation is 1. The van der Waals surface area contributed by atoms with Gasteiger partial charge in [-0.1, -0.05) is 0 Å². The van der Waals surface area contributed by atoms with Crippen LogP contribution in [0.2, 0.25) is 0 Å². The molecule has 0 saturated heterocycles. The number of pyridine rings is 2. The standard InChI is InChI=1S/C19H23N5O3/c1-18(2,26)14-7-6-11(9-20-14)12-8-13-15(17(25)24(5)10-21-13)16(22-12)23-19(3,4)27/h6-10,26-27H,1-5H3,(H,22,23). The fourth-order valence-electron chi connectivity index (χ4n) is 2.66. The third-order valence-electron chi connectivity index (χ3n) is 4.01. The summed E-state index contributed by atoms with van der Waals surface area (Å²) in [5, 5.41) is 23.4. The number of aliphatic hydroxyl groups is 2. The van der Waals surface area contributed by atoms with Crippen LogP contribution in [0.3, 0.4) is 0 Å². The summed E-state index contributed by atoms with van der Waals surface area (Å²) < 4.78 is 1.36. The number of fused-ring (bicyclic) bond motifs is 1. The van der Waals surface area contributed by atoms with Crippen molar-refractivity contribution in [3.8, 4) is 11.3 Å². The van der Waals surface area contributed by atoms with Gasteiger partial charge in [0.2, 0.25) is 0 Å². The Morgan fingerprint density at radius 1 is 1.11 bits per heavy atom. The van der Waals surface area contributed by atoms with Crippen LogP contribution in [0.1, 0.15) is 33.4 Å². The average molecular weight is 369 g/mol. The minimum Gasteiger partial charge on any atom is -0.384 e. The molecule has 27 heavy (non-hydrogen) atoms. The summed E-state index contributed by atoms with van der Waals surface area (Å²) in [6.07, 6.45) is 3.05. The topological polar surface area (TPSA) is 113 Å². The number of hydrogen-bond donors (Lipinski definition) is 3. The molecule has 3 rings (SSSR count). The molecule has 8 heteroatoms. The van der Waals surface area contributed by atoms with Gasteiger partial charge in [-0.05, 0) is 45.9 Å². The van der Waals surface area contributed by atoms with E-state index in [1.165, 1.54) is 10.9 Å². The van der Waals surface area contributed by atoms with E-state index < -0.39 is 11.3 Å². The molecule has 3 N–H and O–H groups in total. The normalized spacial score (nSPS) is 12.4. The van der Waals surface area contributed by atoms with Crippen molar-refractivity contribution in [3.63, 3.8) is 0 Å². The van der Waals surface area contributed by atoms with Crippen molar-refractivity contribution in [2.75, 3.05) is 5.32 Å². The number of nitrogens with zero attached hydrogens (tertiary/aromatic N) is 4. The molecule has 0 bridgehead atoms. The first-order valence-electron chi connectivity index (χ1n) is 8.52. The molecule has 3 aromatic rings. The highest BCUT2D eigenvalue weighted by molar-refractivity contribution is 5.91. The van der Waals surface area contributed by atoms with Crippen LogP contribution in [-0.2, 0) is 12.6 Å². The maximum Gasteiger partial charge on any atom is 0.264 e. The van der Waals surface area contributed by atoms with E-state index in [4.69, 9.17) is 0 Å². The Labute approximate surface area is 156 Å². The van der Waals surface area contributed by atoms with E-state index >= 15 is 0 Å². The van der Waals surface area contributed by atoms with Gasteiger partial charge in [0.05, 0.1) is 23.2 Å². The largest absolute Gasteiger partial charge is 0.384 e. The van der Waals surface area contributed by atoms with Crippen molar-refractivity contribution >= 4 is 16.7 Å². The van der Waals surface area contributed by atoms with E-state index in [0.29, 0.717) is 27.9 Å². The van der Waals surface area contributed by atoms with E-state index in [1.807, 2.05) is 0 Å². The molecule has 0 radical (unpaired) electrons. The highest BCUT2D eigenvalue weighted by Crippen LogP contribution is 2.27. The van der Waals surface area contributed by atoms with E-state index in [1.54, 1.807) is 59.1 Å². The molecule has 0 aliphatic carbocycles. The maximum absolute atomic E-state index is 12.6. The van der Waals surface area contributed by atoms with Crippen molar-refractivity contribution in [2.45, 2.75) is 39.0 Å². The second-order valence-corrected chi connectivity index (χ2v) is 7.59. The zero-order valence-corrected chi connectivity index (χ0v) is 16.0. The Hall–Kier alpha value is -2.84. The summed E-state index contributed by atoms with van der Waals surface area (Å²) in [6, 6.07) is 5.22. The van der Waals surface area contributed by atoms with Crippen molar-refractivity contribution in [1.82, 2.24) is 19.5 Å². The molecule has 8 nitrogen and oxygen atoms in total. The van der Waals surface area contributed by atoms with Gasteiger partial charge in [0.25, 0.3) is 5.56 Å². The summed E-state index contributed by atoms with van der Waals surface area (Å²) in [5.41, 5.74) is -0.341.